The van der Waals surface area contributed by atoms with Crippen LogP contribution in [-0.4, -0.2) is 23.2 Å². The second kappa shape index (κ2) is 7.01. The zero-order chi connectivity index (χ0) is 14.7. The summed E-state index contributed by atoms with van der Waals surface area (Å²) in [5, 5.41) is 0.553. The molecule has 0 N–H and O–H groups in total. The monoisotopic (exact) mass is 328 g/mol. The fraction of sp³-hybridized carbons (Fsp3) is 0.625. The Morgan fingerprint density at radius 1 is 1.14 bits per heavy atom. The van der Waals surface area contributed by atoms with Gasteiger partial charge in [0.05, 0.1) is 5.02 Å². The van der Waals surface area contributed by atoms with Crippen LogP contribution in [0, 0.1) is 5.92 Å². The molecule has 0 spiro atoms. The molecule has 0 amide bonds. The third-order valence-electron chi connectivity index (χ3n) is 4.13. The molecular weight excluding hydrogens is 308 g/mol. The van der Waals surface area contributed by atoms with Crippen molar-refractivity contribution in [1.82, 2.24) is 0 Å². The van der Waals surface area contributed by atoms with Gasteiger partial charge in [-0.15, -0.1) is 0 Å². The van der Waals surface area contributed by atoms with Gasteiger partial charge < -0.3 is 9.47 Å². The van der Waals surface area contributed by atoms with E-state index in [9.17, 15) is 4.21 Å². The summed E-state index contributed by atoms with van der Waals surface area (Å²) < 4.78 is 23.4. The van der Waals surface area contributed by atoms with Crippen molar-refractivity contribution in [3.05, 3.63) is 22.7 Å². The van der Waals surface area contributed by atoms with E-state index in [-0.39, 0.29) is 0 Å². The number of ether oxygens (including phenoxy) is 2. The lowest BCUT2D eigenvalue weighted by Crippen LogP contribution is -2.17. The fourth-order valence-electron chi connectivity index (χ4n) is 3.11. The van der Waals surface area contributed by atoms with Crippen molar-refractivity contribution in [2.75, 3.05) is 19.0 Å². The second-order valence-corrected chi connectivity index (χ2v) is 7.77. The van der Waals surface area contributed by atoms with Crippen LogP contribution in [-0.2, 0) is 16.6 Å². The van der Waals surface area contributed by atoms with E-state index >= 15 is 0 Å². The molecule has 1 aliphatic carbocycles. The molecule has 3 rings (SSSR count). The van der Waals surface area contributed by atoms with Crippen molar-refractivity contribution in [3.8, 4) is 11.5 Å². The van der Waals surface area contributed by atoms with Crippen molar-refractivity contribution in [3.63, 3.8) is 0 Å². The average Bonchev–Trinajstić information content (AvgIpc) is 2.48. The largest absolute Gasteiger partial charge is 0.486 e. The quantitative estimate of drug-likeness (QED) is 0.839. The van der Waals surface area contributed by atoms with Crippen LogP contribution in [0.15, 0.2) is 12.1 Å². The molecule has 0 bridgehead atoms. The summed E-state index contributed by atoms with van der Waals surface area (Å²) >= 11 is 6.22. The first-order valence-corrected chi connectivity index (χ1v) is 9.52. The summed E-state index contributed by atoms with van der Waals surface area (Å²) in [5.41, 5.74) is 0.971. The number of benzene rings is 1. The van der Waals surface area contributed by atoms with Gasteiger partial charge in [-0.25, -0.2) is 0 Å². The Hall–Kier alpha value is -0.740. The summed E-state index contributed by atoms with van der Waals surface area (Å²) in [7, 11) is -0.833. The van der Waals surface area contributed by atoms with Crippen LogP contribution in [0.2, 0.25) is 5.02 Å². The molecule has 1 aliphatic heterocycles. The van der Waals surface area contributed by atoms with Gasteiger partial charge in [-0.2, -0.15) is 0 Å². The predicted octanol–water partition coefficient (Wildman–Crippen LogP) is 3.94. The molecule has 1 saturated carbocycles. The fourth-order valence-corrected chi connectivity index (χ4v) is 4.91. The zero-order valence-corrected chi connectivity index (χ0v) is 13.7. The number of halogens is 1. The van der Waals surface area contributed by atoms with E-state index < -0.39 is 10.8 Å². The van der Waals surface area contributed by atoms with E-state index in [0.29, 0.717) is 41.4 Å². The van der Waals surface area contributed by atoms with E-state index in [1.807, 2.05) is 12.1 Å². The number of rotatable bonds is 4. The van der Waals surface area contributed by atoms with Gasteiger partial charge in [0.1, 0.15) is 13.2 Å². The van der Waals surface area contributed by atoms with Gasteiger partial charge >= 0.3 is 0 Å². The molecule has 2 aliphatic rings. The topological polar surface area (TPSA) is 35.5 Å². The van der Waals surface area contributed by atoms with Gasteiger partial charge in [-0.05, 0) is 36.5 Å². The van der Waals surface area contributed by atoms with Crippen LogP contribution in [0.5, 0.6) is 11.5 Å². The number of hydrogen-bond donors (Lipinski definition) is 0. The Labute approximate surface area is 133 Å². The highest BCUT2D eigenvalue weighted by atomic mass is 35.5. The van der Waals surface area contributed by atoms with Gasteiger partial charge in [0.15, 0.2) is 11.5 Å². The first kappa shape index (κ1) is 15.2. The second-order valence-electron chi connectivity index (χ2n) is 5.86. The molecule has 1 aromatic rings. The lowest BCUT2D eigenvalue weighted by molar-refractivity contribution is 0.171. The molecule has 116 valence electrons. The van der Waals surface area contributed by atoms with E-state index in [1.54, 1.807) is 0 Å². The van der Waals surface area contributed by atoms with Crippen LogP contribution in [0.1, 0.15) is 37.7 Å². The minimum absolute atomic E-state index is 0.527. The van der Waals surface area contributed by atoms with Gasteiger partial charge in [0, 0.05) is 22.3 Å². The number of hydrogen-bond acceptors (Lipinski definition) is 3. The maximum atomic E-state index is 12.4. The van der Waals surface area contributed by atoms with Gasteiger partial charge in [-0.1, -0.05) is 30.9 Å². The first-order chi connectivity index (χ1) is 10.2. The highest BCUT2D eigenvalue weighted by Gasteiger charge is 2.19. The third-order valence-corrected chi connectivity index (χ3v) is 5.91. The molecular formula is C16H21ClO3S. The molecule has 1 unspecified atom stereocenters. The minimum Gasteiger partial charge on any atom is -0.486 e. The average molecular weight is 329 g/mol. The minimum atomic E-state index is -0.833. The Balaban J connectivity index is 1.64. The summed E-state index contributed by atoms with van der Waals surface area (Å²) in [5.74, 6) is 3.29. The normalized spacial score (nSPS) is 20.2. The van der Waals surface area contributed by atoms with Crippen LogP contribution < -0.4 is 9.47 Å². The Kier molecular flexibility index (Phi) is 5.07. The van der Waals surface area contributed by atoms with E-state index in [0.717, 1.165) is 11.3 Å². The Morgan fingerprint density at radius 3 is 2.71 bits per heavy atom. The molecule has 0 aromatic heterocycles. The van der Waals surface area contributed by atoms with Crippen molar-refractivity contribution in [1.29, 1.82) is 0 Å². The lowest BCUT2D eigenvalue weighted by Gasteiger charge is -2.22. The predicted molar refractivity (Wildman–Crippen MR) is 85.7 cm³/mol. The standard InChI is InChI=1S/C16H21ClO3S/c17-14-8-13(9-15-16(14)20-7-6-19-15)11-21(18)10-12-4-2-1-3-5-12/h8-9,12H,1-7,10-11H2. The molecule has 0 saturated heterocycles. The first-order valence-electron chi connectivity index (χ1n) is 7.65. The van der Waals surface area contributed by atoms with Crippen molar-refractivity contribution in [2.24, 2.45) is 5.92 Å². The van der Waals surface area contributed by atoms with Crippen LogP contribution in [0.25, 0.3) is 0 Å². The maximum Gasteiger partial charge on any atom is 0.179 e. The van der Waals surface area contributed by atoms with Gasteiger partial charge in [0.2, 0.25) is 0 Å². The molecule has 21 heavy (non-hydrogen) atoms. The van der Waals surface area contributed by atoms with E-state index in [1.165, 1.54) is 32.1 Å². The molecule has 5 heteroatoms. The lowest BCUT2D eigenvalue weighted by atomic mass is 9.91. The van der Waals surface area contributed by atoms with E-state index in [2.05, 4.69) is 0 Å². The summed E-state index contributed by atoms with van der Waals surface area (Å²) in [4.78, 5) is 0. The van der Waals surface area contributed by atoms with Gasteiger partial charge in [0.25, 0.3) is 0 Å². The highest BCUT2D eigenvalue weighted by Crippen LogP contribution is 2.38. The molecule has 1 atom stereocenters. The highest BCUT2D eigenvalue weighted by molar-refractivity contribution is 7.84. The van der Waals surface area contributed by atoms with Crippen molar-refractivity contribution < 1.29 is 13.7 Å². The molecule has 1 aromatic carbocycles. The van der Waals surface area contributed by atoms with Crippen LogP contribution in [0.4, 0.5) is 0 Å². The number of fused-ring (bicyclic) bond motifs is 1. The Bertz CT molecular complexity index is 526. The van der Waals surface area contributed by atoms with E-state index in [4.69, 9.17) is 21.1 Å². The SMILES string of the molecule is O=S(Cc1cc(Cl)c2c(c1)OCCO2)CC1CCCCC1. The smallest absolute Gasteiger partial charge is 0.179 e. The zero-order valence-electron chi connectivity index (χ0n) is 12.1. The maximum absolute atomic E-state index is 12.4. The van der Waals surface area contributed by atoms with Gasteiger partial charge in [-0.3, -0.25) is 4.21 Å². The van der Waals surface area contributed by atoms with Crippen molar-refractivity contribution in [2.45, 2.75) is 37.9 Å². The van der Waals surface area contributed by atoms with Crippen LogP contribution in [0.3, 0.4) is 0 Å². The molecule has 1 fully saturated rings. The third kappa shape index (κ3) is 3.92. The summed E-state index contributed by atoms with van der Waals surface area (Å²) in [6, 6.07) is 3.77. The Morgan fingerprint density at radius 2 is 1.90 bits per heavy atom. The molecule has 0 radical (unpaired) electrons. The molecule has 3 nitrogen and oxygen atoms in total. The molecule has 1 heterocycles. The summed E-state index contributed by atoms with van der Waals surface area (Å²) in [6.07, 6.45) is 6.37. The van der Waals surface area contributed by atoms with Crippen LogP contribution >= 0.6 is 11.6 Å². The van der Waals surface area contributed by atoms with Crippen molar-refractivity contribution >= 4 is 22.4 Å². The summed E-state index contributed by atoms with van der Waals surface area (Å²) in [6.45, 7) is 1.07.